The summed E-state index contributed by atoms with van der Waals surface area (Å²) in [6.07, 6.45) is -4.79. The number of hydrogen-bond acceptors (Lipinski definition) is 11. The van der Waals surface area contributed by atoms with Crippen molar-refractivity contribution in [3.05, 3.63) is 11.8 Å². The molecule has 2 unspecified atom stereocenters. The Morgan fingerprint density at radius 1 is 1.16 bits per heavy atom. The summed E-state index contributed by atoms with van der Waals surface area (Å²) < 4.78 is 16.0. The number of nitrogens with two attached hydrogens (primary N) is 2. The number of aliphatic hydroxyl groups excluding tert-OH is 3. The van der Waals surface area contributed by atoms with Gasteiger partial charge in [0, 0.05) is 12.8 Å². The topological polar surface area (TPSA) is 204 Å². The second kappa shape index (κ2) is 12.1. The molecule has 32 heavy (non-hydrogen) atoms. The van der Waals surface area contributed by atoms with Gasteiger partial charge in [-0.2, -0.15) is 0 Å². The average Bonchev–Trinajstić information content (AvgIpc) is 2.71. The van der Waals surface area contributed by atoms with E-state index in [0.717, 1.165) is 0 Å². The molecule has 12 nitrogen and oxygen atoms in total. The number of hydrogen-bond donors (Lipinski definition) is 6. The Balaban J connectivity index is 3.06. The smallest absolute Gasteiger partial charge is 0.376 e. The third-order valence-electron chi connectivity index (χ3n) is 4.85. The van der Waals surface area contributed by atoms with E-state index in [9.17, 15) is 24.6 Å². The van der Waals surface area contributed by atoms with Gasteiger partial charge in [-0.15, -0.1) is 0 Å². The van der Waals surface area contributed by atoms with Crippen LogP contribution in [0.3, 0.4) is 0 Å². The molecule has 0 saturated carbocycles. The lowest BCUT2D eigenvalue weighted by Gasteiger charge is -2.39. The van der Waals surface area contributed by atoms with Crippen LogP contribution in [0.15, 0.2) is 11.8 Å². The van der Waals surface area contributed by atoms with Crippen molar-refractivity contribution in [3.63, 3.8) is 0 Å². The minimum atomic E-state index is -1.69. The summed E-state index contributed by atoms with van der Waals surface area (Å²) in [7, 11) is 0. The van der Waals surface area contributed by atoms with Crippen LogP contribution in [-0.4, -0.2) is 82.5 Å². The Morgan fingerprint density at radius 2 is 1.75 bits per heavy atom. The Morgan fingerprint density at radius 3 is 2.22 bits per heavy atom. The number of rotatable bonds is 10. The highest BCUT2D eigenvalue weighted by molar-refractivity contribution is 5.87. The van der Waals surface area contributed by atoms with Gasteiger partial charge in [-0.25, -0.2) is 4.79 Å². The number of carbonyl (C=O) groups excluding carboxylic acids is 3. The second-order valence-corrected chi connectivity index (χ2v) is 8.38. The quantitative estimate of drug-likeness (QED) is 0.153. The van der Waals surface area contributed by atoms with E-state index in [0.29, 0.717) is 0 Å². The van der Waals surface area contributed by atoms with E-state index in [1.807, 2.05) is 0 Å². The molecule has 1 heterocycles. The van der Waals surface area contributed by atoms with Crippen LogP contribution in [0.1, 0.15) is 34.6 Å². The summed E-state index contributed by atoms with van der Waals surface area (Å²) >= 11 is 0. The van der Waals surface area contributed by atoms with Crippen molar-refractivity contribution in [3.8, 4) is 0 Å². The number of amides is 1. The zero-order valence-electron chi connectivity index (χ0n) is 18.9. The number of carbonyl (C=O) groups is 3. The third-order valence-corrected chi connectivity index (χ3v) is 4.85. The molecule has 0 aliphatic carbocycles. The summed E-state index contributed by atoms with van der Waals surface area (Å²) in [5, 5.41) is 31.8. The van der Waals surface area contributed by atoms with Crippen molar-refractivity contribution < 1.29 is 43.9 Å². The molecule has 0 aromatic rings. The standard InChI is InChI=1S/C20H35N3O9/c1-8(2)14(22)19(29)32-20(9(3)4)31-18(28)13-6-11(21)15(23-10(5)25)17(30-13)16(27)12(26)7-24/h6,8-9,11-12,14-17,20,24,26-27H,7,21-22H2,1-5H3,(H,23,25)/t11-,12+,14?,15+,16+,17+,20?/m0/s1. The summed E-state index contributed by atoms with van der Waals surface area (Å²) in [6, 6.07) is -2.93. The van der Waals surface area contributed by atoms with Gasteiger partial charge in [-0.1, -0.05) is 27.7 Å². The van der Waals surface area contributed by atoms with Crippen LogP contribution in [-0.2, 0) is 28.6 Å². The highest BCUT2D eigenvalue weighted by Crippen LogP contribution is 2.24. The SMILES string of the molecule is CC(=O)N[C@H]1[C@H]([C@H](O)[C@H](O)CO)OC(C(=O)OC(OC(=O)C(N)C(C)C)C(C)C)=C[C@@H]1N. The summed E-state index contributed by atoms with van der Waals surface area (Å²) in [6.45, 7) is 7.21. The van der Waals surface area contributed by atoms with E-state index < -0.39 is 78.9 Å². The van der Waals surface area contributed by atoms with Gasteiger partial charge >= 0.3 is 11.9 Å². The van der Waals surface area contributed by atoms with Gasteiger partial charge in [0.05, 0.1) is 18.7 Å². The van der Waals surface area contributed by atoms with E-state index in [-0.39, 0.29) is 5.92 Å². The zero-order chi connectivity index (χ0) is 24.7. The van der Waals surface area contributed by atoms with Crippen molar-refractivity contribution in [1.82, 2.24) is 5.32 Å². The summed E-state index contributed by atoms with van der Waals surface area (Å²) in [4.78, 5) is 36.4. The molecule has 184 valence electrons. The molecule has 8 N–H and O–H groups in total. The lowest BCUT2D eigenvalue weighted by Crippen LogP contribution is -2.62. The van der Waals surface area contributed by atoms with Gasteiger partial charge in [0.15, 0.2) is 0 Å². The minimum absolute atomic E-state index is 0.195. The van der Waals surface area contributed by atoms with Gasteiger partial charge in [-0.05, 0) is 12.0 Å². The molecule has 0 radical (unpaired) electrons. The maximum absolute atomic E-state index is 12.7. The molecule has 7 atom stereocenters. The lowest BCUT2D eigenvalue weighted by atomic mass is 9.92. The largest absolute Gasteiger partial charge is 0.478 e. The second-order valence-electron chi connectivity index (χ2n) is 8.38. The number of esters is 2. The minimum Gasteiger partial charge on any atom is -0.478 e. The fourth-order valence-electron chi connectivity index (χ4n) is 2.82. The maximum Gasteiger partial charge on any atom is 0.376 e. The van der Waals surface area contributed by atoms with Gasteiger partial charge in [-0.3, -0.25) is 9.59 Å². The number of nitrogens with one attached hydrogen (secondary N) is 1. The Labute approximate surface area is 186 Å². The van der Waals surface area contributed by atoms with Crippen molar-refractivity contribution in [2.75, 3.05) is 6.61 Å². The molecule has 1 amide bonds. The van der Waals surface area contributed by atoms with Crippen LogP contribution < -0.4 is 16.8 Å². The van der Waals surface area contributed by atoms with Crippen LogP contribution in [0, 0.1) is 11.8 Å². The Bertz CT molecular complexity index is 698. The molecule has 0 aromatic heterocycles. The third kappa shape index (κ3) is 7.41. The van der Waals surface area contributed by atoms with Gasteiger partial charge in [0.1, 0.15) is 24.4 Å². The van der Waals surface area contributed by atoms with Gasteiger partial charge < -0.3 is 46.3 Å². The molecule has 1 aliphatic rings. The van der Waals surface area contributed by atoms with Crippen molar-refractivity contribution >= 4 is 17.8 Å². The van der Waals surface area contributed by atoms with Crippen molar-refractivity contribution in [2.24, 2.45) is 23.3 Å². The van der Waals surface area contributed by atoms with E-state index >= 15 is 0 Å². The fourth-order valence-corrected chi connectivity index (χ4v) is 2.82. The fraction of sp³-hybridized carbons (Fsp3) is 0.750. The lowest BCUT2D eigenvalue weighted by molar-refractivity contribution is -0.198. The Hall–Kier alpha value is -2.25. The molecular formula is C20H35N3O9. The molecule has 0 aromatic carbocycles. The molecule has 1 rings (SSSR count). The molecule has 0 saturated heterocycles. The zero-order valence-corrected chi connectivity index (χ0v) is 18.9. The summed E-state index contributed by atoms with van der Waals surface area (Å²) in [5.41, 5.74) is 11.8. The molecule has 0 bridgehead atoms. The van der Waals surface area contributed by atoms with Crippen LogP contribution in [0.2, 0.25) is 0 Å². The van der Waals surface area contributed by atoms with E-state index in [2.05, 4.69) is 5.32 Å². The highest BCUT2D eigenvalue weighted by Gasteiger charge is 2.43. The summed E-state index contributed by atoms with van der Waals surface area (Å²) in [5.74, 6) is -3.31. The van der Waals surface area contributed by atoms with Crippen LogP contribution in [0.4, 0.5) is 0 Å². The first-order valence-electron chi connectivity index (χ1n) is 10.3. The molecule has 0 spiro atoms. The van der Waals surface area contributed by atoms with Gasteiger partial charge in [0.25, 0.3) is 0 Å². The highest BCUT2D eigenvalue weighted by atomic mass is 16.7. The van der Waals surface area contributed by atoms with E-state index in [1.165, 1.54) is 13.0 Å². The number of aliphatic hydroxyl groups is 3. The van der Waals surface area contributed by atoms with E-state index in [4.69, 9.17) is 30.8 Å². The van der Waals surface area contributed by atoms with Gasteiger partial charge in [0.2, 0.25) is 18.0 Å². The first-order chi connectivity index (χ1) is 14.8. The predicted molar refractivity (Wildman–Crippen MR) is 111 cm³/mol. The molecular weight excluding hydrogens is 426 g/mol. The Kier molecular flexibility index (Phi) is 10.5. The molecule has 0 fully saturated rings. The molecule has 1 aliphatic heterocycles. The van der Waals surface area contributed by atoms with Crippen molar-refractivity contribution in [2.45, 2.75) is 77.3 Å². The van der Waals surface area contributed by atoms with Crippen LogP contribution >= 0.6 is 0 Å². The first-order valence-corrected chi connectivity index (χ1v) is 10.3. The van der Waals surface area contributed by atoms with Crippen LogP contribution in [0.5, 0.6) is 0 Å². The van der Waals surface area contributed by atoms with Crippen LogP contribution in [0.25, 0.3) is 0 Å². The van der Waals surface area contributed by atoms with E-state index in [1.54, 1.807) is 27.7 Å². The first kappa shape index (κ1) is 27.8. The normalized spacial score (nSPS) is 24.6. The number of ether oxygens (including phenoxy) is 3. The molecule has 12 heteroatoms. The average molecular weight is 462 g/mol. The monoisotopic (exact) mass is 461 g/mol. The maximum atomic E-state index is 12.7. The van der Waals surface area contributed by atoms with Crippen molar-refractivity contribution in [1.29, 1.82) is 0 Å². The predicted octanol–water partition coefficient (Wildman–Crippen LogP) is -2.13.